The minimum atomic E-state index is -0.383. The molecule has 2 fully saturated rings. The number of hydrogen-bond donors (Lipinski definition) is 2. The second kappa shape index (κ2) is 7.47. The van der Waals surface area contributed by atoms with Gasteiger partial charge in [-0.15, -0.1) is 0 Å². The second-order valence-electron chi connectivity index (χ2n) is 5.53. The van der Waals surface area contributed by atoms with Gasteiger partial charge in [0.1, 0.15) is 0 Å². The van der Waals surface area contributed by atoms with Crippen molar-refractivity contribution >= 4 is 12.0 Å². The molecule has 2 atom stereocenters. The van der Waals surface area contributed by atoms with E-state index in [2.05, 4.69) is 10.6 Å². The minimum Gasteiger partial charge on any atom is -0.450 e. The third-order valence-electron chi connectivity index (χ3n) is 3.98. The summed E-state index contributed by atoms with van der Waals surface area (Å²) in [5.74, 6) is 0.331. The predicted octanol–water partition coefficient (Wildman–Crippen LogP) is 0.723. The van der Waals surface area contributed by atoms with Crippen LogP contribution in [0.15, 0.2) is 0 Å². The van der Waals surface area contributed by atoms with E-state index in [0.29, 0.717) is 13.2 Å². The number of nitrogens with one attached hydrogen (secondary N) is 2. The van der Waals surface area contributed by atoms with Crippen LogP contribution in [-0.4, -0.2) is 55.7 Å². The smallest absolute Gasteiger partial charge is 0.407 e. The number of ether oxygens (including phenoxy) is 1. The first-order chi connectivity index (χ1) is 9.70. The van der Waals surface area contributed by atoms with Crippen LogP contribution in [0.25, 0.3) is 0 Å². The van der Waals surface area contributed by atoms with E-state index in [-0.39, 0.29) is 24.0 Å². The Morgan fingerprint density at radius 2 is 2.20 bits per heavy atom. The van der Waals surface area contributed by atoms with Crippen molar-refractivity contribution in [3.05, 3.63) is 0 Å². The summed E-state index contributed by atoms with van der Waals surface area (Å²) in [4.78, 5) is 25.8. The summed E-state index contributed by atoms with van der Waals surface area (Å²) in [6.45, 7) is 5.36. The van der Waals surface area contributed by atoms with E-state index in [4.69, 9.17) is 4.74 Å². The first-order valence-electron chi connectivity index (χ1n) is 7.63. The highest BCUT2D eigenvalue weighted by atomic mass is 16.5. The SMILES string of the molecule is CCOC(=O)NC1CCCN(C(=O)C2CCCNC2)C1. The largest absolute Gasteiger partial charge is 0.450 e. The van der Waals surface area contributed by atoms with E-state index in [0.717, 1.165) is 45.3 Å². The Morgan fingerprint density at radius 3 is 2.90 bits per heavy atom. The zero-order chi connectivity index (χ0) is 14.4. The molecule has 0 bridgehead atoms. The molecule has 6 heteroatoms. The van der Waals surface area contributed by atoms with E-state index < -0.39 is 0 Å². The maximum atomic E-state index is 12.5. The van der Waals surface area contributed by atoms with Gasteiger partial charge in [-0.1, -0.05) is 0 Å². The zero-order valence-corrected chi connectivity index (χ0v) is 12.2. The van der Waals surface area contributed by atoms with Gasteiger partial charge in [0.2, 0.25) is 5.91 Å². The molecule has 2 unspecified atom stereocenters. The Labute approximate surface area is 120 Å². The number of carbonyl (C=O) groups excluding carboxylic acids is 2. The van der Waals surface area contributed by atoms with Crippen LogP contribution in [0.4, 0.5) is 4.79 Å². The fourth-order valence-electron chi connectivity index (χ4n) is 2.96. The van der Waals surface area contributed by atoms with Crippen molar-refractivity contribution in [2.45, 2.75) is 38.6 Å². The number of nitrogens with zero attached hydrogens (tertiary/aromatic N) is 1. The van der Waals surface area contributed by atoms with Crippen LogP contribution < -0.4 is 10.6 Å². The molecule has 0 aliphatic carbocycles. The van der Waals surface area contributed by atoms with E-state index in [1.807, 2.05) is 4.90 Å². The Hall–Kier alpha value is -1.30. The number of alkyl carbamates (subject to hydrolysis) is 1. The van der Waals surface area contributed by atoms with E-state index in [1.165, 1.54) is 0 Å². The van der Waals surface area contributed by atoms with Gasteiger partial charge in [0.25, 0.3) is 0 Å². The summed E-state index contributed by atoms with van der Waals surface area (Å²) in [5, 5.41) is 6.11. The Morgan fingerprint density at radius 1 is 1.35 bits per heavy atom. The molecule has 2 heterocycles. The number of rotatable bonds is 3. The summed E-state index contributed by atoms with van der Waals surface area (Å²) in [6, 6.07) is 0.0169. The van der Waals surface area contributed by atoms with Crippen LogP contribution >= 0.6 is 0 Å². The molecule has 2 aliphatic heterocycles. The predicted molar refractivity (Wildman–Crippen MR) is 75.4 cm³/mol. The topological polar surface area (TPSA) is 70.7 Å². The van der Waals surface area contributed by atoms with Gasteiger partial charge in [0.05, 0.1) is 12.5 Å². The first kappa shape index (κ1) is 15.1. The standard InChI is InChI=1S/C14H25N3O3/c1-2-20-14(19)16-12-6-4-8-17(10-12)13(18)11-5-3-7-15-9-11/h11-12,15H,2-10H2,1H3,(H,16,19). The van der Waals surface area contributed by atoms with Gasteiger partial charge in [0, 0.05) is 25.7 Å². The molecule has 2 amide bonds. The highest BCUT2D eigenvalue weighted by Crippen LogP contribution is 2.17. The fraction of sp³-hybridized carbons (Fsp3) is 0.857. The lowest BCUT2D eigenvalue weighted by atomic mass is 9.96. The molecule has 0 saturated carbocycles. The average Bonchev–Trinajstić information content (AvgIpc) is 2.48. The number of hydrogen-bond acceptors (Lipinski definition) is 4. The normalized spacial score (nSPS) is 26.9. The summed E-state index contributed by atoms with van der Waals surface area (Å²) < 4.78 is 4.89. The minimum absolute atomic E-state index is 0.0169. The third-order valence-corrected chi connectivity index (χ3v) is 3.98. The lowest BCUT2D eigenvalue weighted by Crippen LogP contribution is -2.52. The lowest BCUT2D eigenvalue weighted by molar-refractivity contribution is -0.137. The van der Waals surface area contributed by atoms with E-state index >= 15 is 0 Å². The van der Waals surface area contributed by atoms with Gasteiger partial charge in [-0.05, 0) is 39.2 Å². The zero-order valence-electron chi connectivity index (χ0n) is 12.2. The molecule has 2 N–H and O–H groups in total. The fourth-order valence-corrected chi connectivity index (χ4v) is 2.96. The average molecular weight is 283 g/mol. The second-order valence-corrected chi connectivity index (χ2v) is 5.53. The molecule has 114 valence electrons. The van der Waals surface area contributed by atoms with Crippen molar-refractivity contribution < 1.29 is 14.3 Å². The van der Waals surface area contributed by atoms with Crippen molar-refractivity contribution in [2.75, 3.05) is 32.8 Å². The van der Waals surface area contributed by atoms with Crippen molar-refractivity contribution in [3.8, 4) is 0 Å². The first-order valence-corrected chi connectivity index (χ1v) is 7.63. The van der Waals surface area contributed by atoms with Gasteiger partial charge in [-0.3, -0.25) is 4.79 Å². The Balaban J connectivity index is 1.82. The molecule has 0 aromatic carbocycles. The molecular formula is C14H25N3O3. The summed E-state index contributed by atoms with van der Waals surface area (Å²) in [5.41, 5.74) is 0. The van der Waals surface area contributed by atoms with Crippen LogP contribution in [0.1, 0.15) is 32.6 Å². The van der Waals surface area contributed by atoms with Gasteiger partial charge < -0.3 is 20.3 Å². The van der Waals surface area contributed by atoms with Crippen molar-refractivity contribution in [3.63, 3.8) is 0 Å². The Bertz CT molecular complexity index is 343. The van der Waals surface area contributed by atoms with E-state index in [9.17, 15) is 9.59 Å². The highest BCUT2D eigenvalue weighted by Gasteiger charge is 2.30. The number of amides is 2. The van der Waals surface area contributed by atoms with Gasteiger partial charge in [-0.25, -0.2) is 4.79 Å². The van der Waals surface area contributed by atoms with Crippen molar-refractivity contribution in [2.24, 2.45) is 5.92 Å². The summed E-state index contributed by atoms with van der Waals surface area (Å²) >= 11 is 0. The molecule has 2 aliphatic rings. The molecule has 0 spiro atoms. The maximum Gasteiger partial charge on any atom is 0.407 e. The highest BCUT2D eigenvalue weighted by molar-refractivity contribution is 5.79. The van der Waals surface area contributed by atoms with Crippen molar-refractivity contribution in [1.82, 2.24) is 15.5 Å². The number of piperidine rings is 2. The van der Waals surface area contributed by atoms with Crippen LogP contribution in [0, 0.1) is 5.92 Å². The van der Waals surface area contributed by atoms with Crippen LogP contribution in [0.5, 0.6) is 0 Å². The van der Waals surface area contributed by atoms with Crippen molar-refractivity contribution in [1.29, 1.82) is 0 Å². The molecular weight excluding hydrogens is 258 g/mol. The quantitative estimate of drug-likeness (QED) is 0.801. The monoisotopic (exact) mass is 283 g/mol. The van der Waals surface area contributed by atoms with Gasteiger partial charge >= 0.3 is 6.09 Å². The Kier molecular flexibility index (Phi) is 5.64. The van der Waals surface area contributed by atoms with Gasteiger partial charge in [-0.2, -0.15) is 0 Å². The number of likely N-dealkylation sites (tertiary alicyclic amines) is 1. The summed E-state index contributed by atoms with van der Waals surface area (Å²) in [6.07, 6.45) is 3.49. The molecule has 0 radical (unpaired) electrons. The van der Waals surface area contributed by atoms with Crippen LogP contribution in [0.3, 0.4) is 0 Å². The lowest BCUT2D eigenvalue weighted by Gasteiger charge is -2.36. The molecule has 0 aromatic rings. The van der Waals surface area contributed by atoms with Gasteiger partial charge in [0.15, 0.2) is 0 Å². The van der Waals surface area contributed by atoms with Crippen LogP contribution in [0.2, 0.25) is 0 Å². The maximum absolute atomic E-state index is 12.5. The molecule has 2 saturated heterocycles. The molecule has 0 aromatic heterocycles. The summed E-state index contributed by atoms with van der Waals surface area (Å²) in [7, 11) is 0. The molecule has 20 heavy (non-hydrogen) atoms. The molecule has 2 rings (SSSR count). The van der Waals surface area contributed by atoms with Crippen LogP contribution in [-0.2, 0) is 9.53 Å². The third kappa shape index (κ3) is 4.10. The van der Waals surface area contributed by atoms with E-state index in [1.54, 1.807) is 6.92 Å². The number of carbonyl (C=O) groups is 2. The molecule has 6 nitrogen and oxygen atoms in total.